The minimum absolute atomic E-state index is 0.00777. The van der Waals surface area contributed by atoms with Crippen LogP contribution in [0.4, 0.5) is 13.2 Å². The number of benzene rings is 1. The monoisotopic (exact) mass is 548 g/mol. The first-order chi connectivity index (χ1) is 19.3. The van der Waals surface area contributed by atoms with Gasteiger partial charge in [0.2, 0.25) is 11.7 Å². The van der Waals surface area contributed by atoms with Crippen molar-refractivity contribution in [2.75, 3.05) is 6.54 Å². The number of halogens is 3. The average Bonchev–Trinajstić information content (AvgIpc) is 3.58. The van der Waals surface area contributed by atoms with E-state index in [1.807, 2.05) is 25.1 Å². The molecule has 9 nitrogen and oxygen atoms in total. The molecule has 0 radical (unpaired) electrons. The van der Waals surface area contributed by atoms with Crippen LogP contribution in [-0.2, 0) is 24.1 Å². The molecule has 1 aliphatic carbocycles. The molecule has 0 unspecified atom stereocenters. The Morgan fingerprint density at radius 2 is 1.93 bits per heavy atom. The molecule has 206 valence electrons. The first-order valence-electron chi connectivity index (χ1n) is 13.3. The van der Waals surface area contributed by atoms with Crippen molar-refractivity contribution in [1.29, 1.82) is 0 Å². The maximum absolute atomic E-state index is 13.1. The molecule has 0 spiro atoms. The lowest BCUT2D eigenvalue weighted by Crippen LogP contribution is -2.42. The Morgan fingerprint density at radius 1 is 1.10 bits per heavy atom. The normalized spacial score (nSPS) is 19.2. The first kappa shape index (κ1) is 26.0. The summed E-state index contributed by atoms with van der Waals surface area (Å²) >= 11 is 0. The molecular weight excluding hydrogens is 521 g/mol. The second kappa shape index (κ2) is 10.4. The third-order valence-corrected chi connectivity index (χ3v) is 7.73. The highest BCUT2D eigenvalue weighted by Gasteiger charge is 2.37. The zero-order valence-corrected chi connectivity index (χ0v) is 21.9. The van der Waals surface area contributed by atoms with Gasteiger partial charge in [-0.1, -0.05) is 23.3 Å². The Kier molecular flexibility index (Phi) is 6.73. The summed E-state index contributed by atoms with van der Waals surface area (Å²) in [5, 5.41) is 8.51. The maximum atomic E-state index is 13.1. The third-order valence-electron chi connectivity index (χ3n) is 7.73. The smallest absolute Gasteiger partial charge is 0.333 e. The highest BCUT2D eigenvalue weighted by atomic mass is 19.4. The van der Waals surface area contributed by atoms with Gasteiger partial charge < -0.3 is 9.47 Å². The molecule has 12 heteroatoms. The molecule has 4 aromatic rings. The van der Waals surface area contributed by atoms with Crippen LogP contribution < -0.4 is 0 Å². The number of amides is 1. The van der Waals surface area contributed by atoms with Crippen molar-refractivity contribution in [1.82, 2.24) is 39.4 Å². The van der Waals surface area contributed by atoms with Crippen LogP contribution in [0.3, 0.4) is 0 Å². The Bertz CT molecular complexity index is 1620. The largest absolute Gasteiger partial charge is 0.434 e. The first-order valence-corrected chi connectivity index (χ1v) is 13.3. The van der Waals surface area contributed by atoms with Crippen molar-refractivity contribution in [3.05, 3.63) is 59.6 Å². The highest BCUT2D eigenvalue weighted by Crippen LogP contribution is 2.33. The van der Waals surface area contributed by atoms with E-state index < -0.39 is 11.9 Å². The molecule has 4 heterocycles. The van der Waals surface area contributed by atoms with E-state index in [-0.39, 0.29) is 24.2 Å². The van der Waals surface area contributed by atoms with E-state index in [9.17, 15) is 18.0 Å². The van der Waals surface area contributed by atoms with Crippen molar-refractivity contribution in [3.63, 3.8) is 0 Å². The molecule has 1 amide bonds. The summed E-state index contributed by atoms with van der Waals surface area (Å²) in [6.45, 7) is 2.82. The van der Waals surface area contributed by atoms with E-state index in [4.69, 9.17) is 0 Å². The van der Waals surface area contributed by atoms with Gasteiger partial charge in [-0.2, -0.15) is 17.9 Å². The maximum Gasteiger partial charge on any atom is 0.434 e. The number of aryl methyl sites for hydroxylation is 1. The van der Waals surface area contributed by atoms with Crippen molar-refractivity contribution < 1.29 is 18.0 Å². The molecule has 2 aliphatic rings. The summed E-state index contributed by atoms with van der Waals surface area (Å²) in [6.07, 6.45) is 2.12. The molecular formula is C28H27F3N8O. The minimum Gasteiger partial charge on any atom is -0.333 e. The standard InChI is InChI=1S/C28H27F3N8O/c1-18-4-2-6-21-26(18)35-36-39(21)24-12-13-32-23(34-24)7-3-5-19-8-10-20(11-9-19)27(40)38-15-14-37-16-22(28(29,30)31)33-25(37)17-38/h2,4,6,12-13,16,19-20H,5,8-11,14-15,17H2,1H3. The number of rotatable bonds is 3. The van der Waals surface area contributed by atoms with Crippen molar-refractivity contribution in [2.45, 2.75) is 58.3 Å². The third kappa shape index (κ3) is 5.15. The molecule has 3 aromatic heterocycles. The van der Waals surface area contributed by atoms with E-state index in [1.165, 1.54) is 4.57 Å². The summed E-state index contributed by atoms with van der Waals surface area (Å²) in [5.41, 5.74) is 1.82. The molecule has 0 bridgehead atoms. The second-order valence-electron chi connectivity index (χ2n) is 10.4. The fourth-order valence-electron chi connectivity index (χ4n) is 5.50. The van der Waals surface area contributed by atoms with Crippen LogP contribution in [0.5, 0.6) is 0 Å². The van der Waals surface area contributed by atoms with Crippen LogP contribution in [-0.4, -0.2) is 51.9 Å². The van der Waals surface area contributed by atoms with Crippen molar-refractivity contribution in [2.24, 2.45) is 11.8 Å². The lowest BCUT2D eigenvalue weighted by Gasteiger charge is -2.33. The second-order valence-corrected chi connectivity index (χ2v) is 10.4. The predicted molar refractivity (Wildman–Crippen MR) is 139 cm³/mol. The van der Waals surface area contributed by atoms with Gasteiger partial charge in [0.05, 0.1) is 12.1 Å². The molecule has 1 aliphatic heterocycles. The lowest BCUT2D eigenvalue weighted by molar-refractivity contribution is -0.141. The molecule has 1 aromatic carbocycles. The summed E-state index contributed by atoms with van der Waals surface area (Å²) in [7, 11) is 0. The Hall–Kier alpha value is -4.27. The van der Waals surface area contributed by atoms with E-state index in [2.05, 4.69) is 37.1 Å². The van der Waals surface area contributed by atoms with Crippen LogP contribution in [0.1, 0.15) is 55.0 Å². The van der Waals surface area contributed by atoms with Crippen LogP contribution in [0, 0.1) is 30.6 Å². The van der Waals surface area contributed by atoms with Gasteiger partial charge in [-0.3, -0.25) is 4.79 Å². The predicted octanol–water partition coefficient (Wildman–Crippen LogP) is 4.32. The number of carbonyl (C=O) groups is 1. The van der Waals surface area contributed by atoms with E-state index >= 15 is 0 Å². The Balaban J connectivity index is 1.03. The van der Waals surface area contributed by atoms with E-state index in [0.29, 0.717) is 37.1 Å². The van der Waals surface area contributed by atoms with E-state index in [0.717, 1.165) is 48.5 Å². The zero-order chi connectivity index (χ0) is 27.9. The van der Waals surface area contributed by atoms with Crippen molar-refractivity contribution >= 4 is 16.9 Å². The van der Waals surface area contributed by atoms with Gasteiger partial charge in [-0.15, -0.1) is 5.10 Å². The van der Waals surface area contributed by atoms with Gasteiger partial charge in [0.1, 0.15) is 11.3 Å². The number of fused-ring (bicyclic) bond motifs is 2. The molecule has 0 saturated heterocycles. The van der Waals surface area contributed by atoms with Crippen molar-refractivity contribution in [3.8, 4) is 17.7 Å². The lowest BCUT2D eigenvalue weighted by atomic mass is 9.80. The number of aromatic nitrogens is 7. The number of hydrogen-bond donors (Lipinski definition) is 0. The zero-order valence-electron chi connectivity index (χ0n) is 21.9. The number of carbonyl (C=O) groups excluding carboxylic acids is 1. The van der Waals surface area contributed by atoms with Gasteiger partial charge >= 0.3 is 6.18 Å². The average molecular weight is 549 g/mol. The quantitative estimate of drug-likeness (QED) is 0.354. The summed E-state index contributed by atoms with van der Waals surface area (Å²) in [5.74, 6) is 7.83. The fraction of sp³-hybridized carbons (Fsp3) is 0.429. The van der Waals surface area contributed by atoms with Gasteiger partial charge in [0.25, 0.3) is 0 Å². The molecule has 0 N–H and O–H groups in total. The number of hydrogen-bond acceptors (Lipinski definition) is 6. The van der Waals surface area contributed by atoms with Crippen LogP contribution in [0.25, 0.3) is 16.9 Å². The number of imidazole rings is 1. The van der Waals surface area contributed by atoms with E-state index in [1.54, 1.807) is 21.8 Å². The summed E-state index contributed by atoms with van der Waals surface area (Å²) in [6, 6.07) is 7.66. The fourth-order valence-corrected chi connectivity index (χ4v) is 5.50. The van der Waals surface area contributed by atoms with Gasteiger partial charge in [0.15, 0.2) is 11.5 Å². The summed E-state index contributed by atoms with van der Waals surface area (Å²) < 4.78 is 42.2. The van der Waals surface area contributed by atoms with Gasteiger partial charge in [-0.05, 0) is 56.1 Å². The van der Waals surface area contributed by atoms with Gasteiger partial charge in [-0.25, -0.2) is 15.0 Å². The summed E-state index contributed by atoms with van der Waals surface area (Å²) in [4.78, 5) is 27.3. The number of nitrogens with zero attached hydrogens (tertiary/aromatic N) is 8. The molecule has 1 fully saturated rings. The molecule has 0 atom stereocenters. The number of alkyl halides is 3. The minimum atomic E-state index is -4.49. The molecule has 40 heavy (non-hydrogen) atoms. The van der Waals surface area contributed by atoms with Crippen LogP contribution in [0.2, 0.25) is 0 Å². The Labute approximate surface area is 228 Å². The SMILES string of the molecule is Cc1cccc2c1nnn2-c1ccnc(C#CCC2CCC(C(=O)N3CCn4cc(C(F)(F)F)nc4C3)CC2)n1. The topological polar surface area (TPSA) is 94.6 Å². The highest BCUT2D eigenvalue weighted by molar-refractivity contribution is 5.79. The molecule has 1 saturated carbocycles. The van der Waals surface area contributed by atoms with Gasteiger partial charge in [0, 0.05) is 43.9 Å². The van der Waals surface area contributed by atoms with Crippen LogP contribution in [0.15, 0.2) is 36.7 Å². The van der Waals surface area contributed by atoms with Crippen LogP contribution >= 0.6 is 0 Å². The Morgan fingerprint density at radius 3 is 2.73 bits per heavy atom. The molecule has 6 rings (SSSR count).